The number of imidazole rings is 1. The van der Waals surface area contributed by atoms with Gasteiger partial charge in [-0.2, -0.15) is 4.52 Å². The van der Waals surface area contributed by atoms with Gasteiger partial charge < -0.3 is 4.98 Å². The summed E-state index contributed by atoms with van der Waals surface area (Å²) in [7, 11) is 0. The smallest absolute Gasteiger partial charge is 0.340 e. The highest BCUT2D eigenvalue weighted by atomic mass is 16.1. The minimum absolute atomic E-state index is 0.356. The summed E-state index contributed by atoms with van der Waals surface area (Å²) in [5.41, 5.74) is 3.28. The summed E-state index contributed by atoms with van der Waals surface area (Å²) in [5.74, 6) is 0.512. The van der Waals surface area contributed by atoms with E-state index in [1.807, 2.05) is 31.2 Å². The molecular weight excluding hydrogens is 256 g/mol. The second-order valence-corrected chi connectivity index (χ2v) is 4.59. The Morgan fingerprint density at radius 3 is 2.80 bits per heavy atom. The fourth-order valence-electron chi connectivity index (χ4n) is 2.15. The van der Waals surface area contributed by atoms with Gasteiger partial charge in [0.05, 0.1) is 6.33 Å². The van der Waals surface area contributed by atoms with Crippen LogP contribution in [0.2, 0.25) is 0 Å². The zero-order chi connectivity index (χ0) is 13.7. The highest BCUT2D eigenvalue weighted by Crippen LogP contribution is 2.18. The first kappa shape index (κ1) is 10.9. The van der Waals surface area contributed by atoms with Crippen LogP contribution in [0.3, 0.4) is 0 Å². The lowest BCUT2D eigenvalue weighted by atomic mass is 10.1. The number of rotatable bonds is 1. The quantitative estimate of drug-likeness (QED) is 0.542. The SMILES string of the molecule is Cc1ccc(-c2nc3c4[nH]cnc4[nH]c(=O)n3n2)cc1. The molecule has 98 valence electrons. The molecule has 0 aliphatic heterocycles. The fraction of sp³-hybridized carbons (Fsp3) is 0.0769. The minimum atomic E-state index is -0.356. The molecule has 20 heavy (non-hydrogen) atoms. The first-order valence-electron chi connectivity index (χ1n) is 6.11. The number of H-pyrrole nitrogens is 2. The maximum atomic E-state index is 11.9. The predicted octanol–water partition coefficient (Wildman–Crippen LogP) is 1.27. The van der Waals surface area contributed by atoms with E-state index < -0.39 is 0 Å². The molecule has 3 aromatic heterocycles. The van der Waals surface area contributed by atoms with E-state index in [-0.39, 0.29) is 5.69 Å². The van der Waals surface area contributed by atoms with Crippen LogP contribution >= 0.6 is 0 Å². The van der Waals surface area contributed by atoms with Gasteiger partial charge >= 0.3 is 5.69 Å². The molecule has 3 heterocycles. The van der Waals surface area contributed by atoms with Crippen molar-refractivity contribution in [2.24, 2.45) is 0 Å². The lowest BCUT2D eigenvalue weighted by Gasteiger charge is -1.94. The molecule has 4 rings (SSSR count). The number of aromatic amines is 2. The lowest BCUT2D eigenvalue weighted by molar-refractivity contribution is 0.882. The Balaban J connectivity index is 2.05. The molecular formula is C13H10N6O. The van der Waals surface area contributed by atoms with Gasteiger partial charge in [-0.3, -0.25) is 4.98 Å². The van der Waals surface area contributed by atoms with E-state index in [2.05, 4.69) is 25.0 Å². The van der Waals surface area contributed by atoms with E-state index in [1.165, 1.54) is 10.8 Å². The third-order valence-electron chi connectivity index (χ3n) is 3.20. The maximum Gasteiger partial charge on any atom is 0.349 e. The molecule has 0 spiro atoms. The highest BCUT2D eigenvalue weighted by Gasteiger charge is 2.13. The fourth-order valence-corrected chi connectivity index (χ4v) is 2.15. The van der Waals surface area contributed by atoms with Crippen molar-refractivity contribution in [2.45, 2.75) is 6.92 Å². The van der Waals surface area contributed by atoms with Gasteiger partial charge in [-0.15, -0.1) is 5.10 Å². The second-order valence-electron chi connectivity index (χ2n) is 4.59. The van der Waals surface area contributed by atoms with Crippen LogP contribution in [0.15, 0.2) is 35.4 Å². The average molecular weight is 266 g/mol. The standard InChI is InChI=1S/C13H10N6O/c1-7-2-4-8(5-3-7)10-16-12-9-11(15-6-14-9)17-13(20)19(12)18-10/h2-6H,1H3,(H,14,15)(H,17,20). The van der Waals surface area contributed by atoms with Crippen molar-refractivity contribution < 1.29 is 0 Å². The summed E-state index contributed by atoms with van der Waals surface area (Å²) < 4.78 is 1.25. The van der Waals surface area contributed by atoms with E-state index in [4.69, 9.17) is 0 Å². The van der Waals surface area contributed by atoms with Crippen LogP contribution in [-0.4, -0.2) is 29.5 Å². The molecule has 0 fully saturated rings. The van der Waals surface area contributed by atoms with Gasteiger partial charge in [-0.1, -0.05) is 29.8 Å². The Bertz CT molecular complexity index is 976. The van der Waals surface area contributed by atoms with Crippen molar-refractivity contribution >= 4 is 16.8 Å². The van der Waals surface area contributed by atoms with Gasteiger partial charge in [-0.25, -0.2) is 14.8 Å². The summed E-state index contributed by atoms with van der Waals surface area (Å²) in [4.78, 5) is 26.0. The van der Waals surface area contributed by atoms with E-state index >= 15 is 0 Å². The summed E-state index contributed by atoms with van der Waals surface area (Å²) in [6.45, 7) is 2.01. The minimum Gasteiger partial charge on any atom is -0.340 e. The molecule has 2 N–H and O–H groups in total. The normalized spacial score (nSPS) is 11.4. The maximum absolute atomic E-state index is 11.9. The van der Waals surface area contributed by atoms with E-state index in [0.29, 0.717) is 22.6 Å². The molecule has 0 bridgehead atoms. The van der Waals surface area contributed by atoms with Gasteiger partial charge in [0.15, 0.2) is 17.1 Å². The van der Waals surface area contributed by atoms with Crippen molar-refractivity contribution in [1.82, 2.24) is 29.5 Å². The average Bonchev–Trinajstić information content (AvgIpc) is 3.05. The van der Waals surface area contributed by atoms with Gasteiger partial charge in [0.2, 0.25) is 0 Å². The number of hydrogen-bond donors (Lipinski definition) is 2. The summed E-state index contributed by atoms with van der Waals surface area (Å²) >= 11 is 0. The molecule has 0 amide bonds. The van der Waals surface area contributed by atoms with Crippen molar-refractivity contribution in [2.75, 3.05) is 0 Å². The first-order valence-corrected chi connectivity index (χ1v) is 6.11. The summed E-state index contributed by atoms with van der Waals surface area (Å²) in [6, 6.07) is 7.83. The summed E-state index contributed by atoms with van der Waals surface area (Å²) in [5, 5.41) is 4.26. The zero-order valence-corrected chi connectivity index (χ0v) is 10.6. The Hall–Kier alpha value is -2.96. The molecule has 7 heteroatoms. The van der Waals surface area contributed by atoms with E-state index in [0.717, 1.165) is 11.1 Å². The van der Waals surface area contributed by atoms with Gasteiger partial charge in [0.1, 0.15) is 5.52 Å². The predicted molar refractivity (Wildman–Crippen MR) is 73.4 cm³/mol. The number of aromatic nitrogens is 6. The van der Waals surface area contributed by atoms with Crippen molar-refractivity contribution in [1.29, 1.82) is 0 Å². The van der Waals surface area contributed by atoms with Crippen LogP contribution in [0.4, 0.5) is 0 Å². The monoisotopic (exact) mass is 266 g/mol. The van der Waals surface area contributed by atoms with Gasteiger partial charge in [0, 0.05) is 5.56 Å². The zero-order valence-electron chi connectivity index (χ0n) is 10.6. The molecule has 0 aliphatic rings. The number of aryl methyl sites for hydroxylation is 1. The molecule has 7 nitrogen and oxygen atoms in total. The number of hydrogen-bond acceptors (Lipinski definition) is 4. The lowest BCUT2D eigenvalue weighted by Crippen LogP contribution is -2.17. The molecule has 0 aliphatic carbocycles. The van der Waals surface area contributed by atoms with Crippen LogP contribution in [0.1, 0.15) is 5.56 Å². The molecule has 0 unspecified atom stereocenters. The number of nitrogens with zero attached hydrogens (tertiary/aromatic N) is 4. The third kappa shape index (κ3) is 1.46. The number of benzene rings is 1. The number of nitrogens with one attached hydrogen (secondary N) is 2. The Morgan fingerprint density at radius 2 is 2.00 bits per heavy atom. The Morgan fingerprint density at radius 1 is 1.20 bits per heavy atom. The molecule has 1 aromatic carbocycles. The van der Waals surface area contributed by atoms with E-state index in [9.17, 15) is 4.79 Å². The molecule has 0 radical (unpaired) electrons. The van der Waals surface area contributed by atoms with Crippen LogP contribution in [0.5, 0.6) is 0 Å². The highest BCUT2D eigenvalue weighted by molar-refractivity contribution is 5.85. The largest absolute Gasteiger partial charge is 0.349 e. The third-order valence-corrected chi connectivity index (χ3v) is 3.20. The molecule has 0 saturated carbocycles. The number of fused-ring (bicyclic) bond motifs is 3. The molecule has 0 saturated heterocycles. The van der Waals surface area contributed by atoms with Crippen molar-refractivity contribution in [3.05, 3.63) is 46.6 Å². The van der Waals surface area contributed by atoms with Crippen LogP contribution in [0.25, 0.3) is 28.2 Å². The Kier molecular flexibility index (Phi) is 2.06. The first-order chi connectivity index (χ1) is 9.72. The molecule has 0 atom stereocenters. The van der Waals surface area contributed by atoms with Crippen molar-refractivity contribution in [3.8, 4) is 11.4 Å². The van der Waals surface area contributed by atoms with Crippen LogP contribution < -0.4 is 5.69 Å². The van der Waals surface area contributed by atoms with Crippen LogP contribution in [0, 0.1) is 6.92 Å². The van der Waals surface area contributed by atoms with Gasteiger partial charge in [-0.05, 0) is 6.92 Å². The second kappa shape index (κ2) is 3.77. The molecule has 4 aromatic rings. The van der Waals surface area contributed by atoms with E-state index in [1.54, 1.807) is 0 Å². The van der Waals surface area contributed by atoms with Crippen molar-refractivity contribution in [3.63, 3.8) is 0 Å². The van der Waals surface area contributed by atoms with Crippen LogP contribution in [-0.2, 0) is 0 Å². The Labute approximate surface area is 112 Å². The summed E-state index contributed by atoms with van der Waals surface area (Å²) in [6.07, 6.45) is 1.51. The van der Waals surface area contributed by atoms with Gasteiger partial charge in [0.25, 0.3) is 0 Å². The topological polar surface area (TPSA) is 91.7 Å².